The lowest BCUT2D eigenvalue weighted by Crippen LogP contribution is -2.22. The van der Waals surface area contributed by atoms with Gasteiger partial charge in [-0.25, -0.2) is 4.39 Å². The van der Waals surface area contributed by atoms with Gasteiger partial charge in [0.25, 0.3) is 5.91 Å². The summed E-state index contributed by atoms with van der Waals surface area (Å²) in [5, 5.41) is 2.89. The maximum absolute atomic E-state index is 13.7. The molecule has 3 nitrogen and oxygen atoms in total. The second-order valence-electron chi connectivity index (χ2n) is 5.07. The number of carbonyl (C=O) groups excluding carboxylic acids is 1. The van der Waals surface area contributed by atoms with Gasteiger partial charge < -0.3 is 10.1 Å². The zero-order chi connectivity index (χ0) is 16.8. The van der Waals surface area contributed by atoms with Crippen molar-refractivity contribution < 1.29 is 13.9 Å². The van der Waals surface area contributed by atoms with Crippen LogP contribution in [0.2, 0.25) is 0 Å². The lowest BCUT2D eigenvalue weighted by molar-refractivity contribution is -0.118. The van der Waals surface area contributed by atoms with E-state index in [1.54, 1.807) is 6.07 Å². The van der Waals surface area contributed by atoms with Gasteiger partial charge in [-0.15, -0.1) is 0 Å². The van der Waals surface area contributed by atoms with E-state index >= 15 is 0 Å². The Labute approximate surface area is 144 Å². The summed E-state index contributed by atoms with van der Waals surface area (Å²) >= 11 is 3.18. The van der Waals surface area contributed by atoms with Crippen LogP contribution in [0.4, 0.5) is 10.1 Å². The van der Waals surface area contributed by atoms with Gasteiger partial charge in [0.2, 0.25) is 0 Å². The average Bonchev–Trinajstić information content (AvgIpc) is 2.54. The Morgan fingerprint density at radius 1 is 1.17 bits per heavy atom. The van der Waals surface area contributed by atoms with Crippen molar-refractivity contribution in [2.45, 2.75) is 26.7 Å². The Morgan fingerprint density at radius 2 is 1.83 bits per heavy atom. The molecule has 0 bridgehead atoms. The van der Waals surface area contributed by atoms with Crippen LogP contribution in [0, 0.1) is 5.82 Å². The number of amides is 1. The molecule has 1 N–H and O–H groups in total. The van der Waals surface area contributed by atoms with Gasteiger partial charge in [0.05, 0.1) is 0 Å². The molecule has 0 heterocycles. The molecule has 0 aliphatic carbocycles. The Morgan fingerprint density at radius 3 is 2.39 bits per heavy atom. The van der Waals surface area contributed by atoms with Gasteiger partial charge in [-0.05, 0) is 42.2 Å². The maximum Gasteiger partial charge on any atom is 0.262 e. The number of hydrogen-bond acceptors (Lipinski definition) is 2. The molecule has 0 fully saturated rings. The summed E-state index contributed by atoms with van der Waals surface area (Å²) in [5.74, 6) is -0.749. The van der Waals surface area contributed by atoms with Gasteiger partial charge >= 0.3 is 0 Å². The number of aryl methyl sites for hydroxylation is 2. The van der Waals surface area contributed by atoms with Crippen molar-refractivity contribution in [3.63, 3.8) is 0 Å². The Hall–Kier alpha value is -1.88. The normalized spacial score (nSPS) is 10.4. The van der Waals surface area contributed by atoms with Gasteiger partial charge in [0.1, 0.15) is 0 Å². The minimum atomic E-state index is -0.504. The Balaban J connectivity index is 2.05. The molecule has 0 atom stereocenters. The van der Waals surface area contributed by atoms with E-state index in [9.17, 15) is 9.18 Å². The number of para-hydroxylation sites is 1. The number of anilines is 1. The number of carbonyl (C=O) groups is 1. The minimum Gasteiger partial charge on any atom is -0.481 e. The summed E-state index contributed by atoms with van der Waals surface area (Å²) in [6.07, 6.45) is 1.65. The third-order valence-electron chi connectivity index (χ3n) is 3.52. The fourth-order valence-corrected chi connectivity index (χ4v) is 2.65. The smallest absolute Gasteiger partial charge is 0.262 e. The lowest BCUT2D eigenvalue weighted by Gasteiger charge is -2.15. The highest BCUT2D eigenvalue weighted by molar-refractivity contribution is 9.10. The molecule has 23 heavy (non-hydrogen) atoms. The summed E-state index contributed by atoms with van der Waals surface area (Å²) in [6.45, 7) is 3.84. The van der Waals surface area contributed by atoms with Gasteiger partial charge in [-0.2, -0.15) is 0 Å². The second-order valence-corrected chi connectivity index (χ2v) is 5.99. The minimum absolute atomic E-state index is 0.0582. The SMILES string of the molecule is CCc1cccc(CC)c1NC(=O)COc1ccc(Br)cc1F. The van der Waals surface area contributed by atoms with Crippen LogP contribution in [-0.2, 0) is 17.6 Å². The molecule has 2 aromatic rings. The van der Waals surface area contributed by atoms with Crippen molar-refractivity contribution >= 4 is 27.5 Å². The van der Waals surface area contributed by atoms with Crippen molar-refractivity contribution in [2.24, 2.45) is 0 Å². The fraction of sp³-hybridized carbons (Fsp3) is 0.278. The fourth-order valence-electron chi connectivity index (χ4n) is 2.31. The van der Waals surface area contributed by atoms with E-state index in [1.165, 1.54) is 12.1 Å². The monoisotopic (exact) mass is 379 g/mol. The van der Waals surface area contributed by atoms with E-state index in [2.05, 4.69) is 21.2 Å². The Kier molecular flexibility index (Phi) is 6.16. The molecule has 0 aliphatic rings. The highest BCUT2D eigenvalue weighted by atomic mass is 79.9. The molecule has 1 amide bonds. The highest BCUT2D eigenvalue weighted by Crippen LogP contribution is 2.23. The summed E-state index contributed by atoms with van der Waals surface area (Å²) in [4.78, 5) is 12.1. The number of hydrogen-bond donors (Lipinski definition) is 1. The number of benzene rings is 2. The molecule has 0 saturated heterocycles. The topological polar surface area (TPSA) is 38.3 Å². The van der Waals surface area contributed by atoms with Crippen LogP contribution in [0.3, 0.4) is 0 Å². The first-order chi connectivity index (χ1) is 11.0. The molecule has 0 unspecified atom stereocenters. The lowest BCUT2D eigenvalue weighted by atomic mass is 10.0. The van der Waals surface area contributed by atoms with E-state index < -0.39 is 5.82 Å². The second kappa shape index (κ2) is 8.11. The summed E-state index contributed by atoms with van der Waals surface area (Å²) < 4.78 is 19.6. The molecule has 0 aromatic heterocycles. The average molecular weight is 380 g/mol. The summed E-state index contributed by atoms with van der Waals surface area (Å²) in [6, 6.07) is 10.4. The van der Waals surface area contributed by atoms with Crippen molar-refractivity contribution in [3.8, 4) is 5.75 Å². The van der Waals surface area contributed by atoms with Crippen molar-refractivity contribution in [3.05, 3.63) is 57.8 Å². The van der Waals surface area contributed by atoms with Crippen LogP contribution in [-0.4, -0.2) is 12.5 Å². The third-order valence-corrected chi connectivity index (χ3v) is 4.01. The van der Waals surface area contributed by atoms with Gasteiger partial charge in [-0.3, -0.25) is 4.79 Å². The molecule has 0 radical (unpaired) electrons. The summed E-state index contributed by atoms with van der Waals surface area (Å²) in [7, 11) is 0. The van der Waals surface area contributed by atoms with Crippen molar-refractivity contribution in [1.29, 1.82) is 0 Å². The zero-order valence-corrected chi connectivity index (χ0v) is 14.7. The van der Waals surface area contributed by atoms with Crippen LogP contribution in [0.5, 0.6) is 5.75 Å². The Bertz CT molecular complexity index is 681. The molecule has 0 aliphatic heterocycles. The van der Waals surface area contributed by atoms with Gasteiger partial charge in [0, 0.05) is 10.2 Å². The molecule has 122 valence electrons. The van der Waals surface area contributed by atoms with E-state index in [-0.39, 0.29) is 18.3 Å². The molecule has 2 aromatic carbocycles. The van der Waals surface area contributed by atoms with E-state index in [4.69, 9.17) is 4.74 Å². The number of nitrogens with one attached hydrogen (secondary N) is 1. The number of rotatable bonds is 6. The molecule has 0 spiro atoms. The summed E-state index contributed by atoms with van der Waals surface area (Å²) in [5.41, 5.74) is 2.99. The predicted octanol–water partition coefficient (Wildman–Crippen LogP) is 4.73. The molecular formula is C18H19BrFNO2. The van der Waals surface area contributed by atoms with E-state index in [1.807, 2.05) is 32.0 Å². The van der Waals surface area contributed by atoms with E-state index in [0.29, 0.717) is 4.47 Å². The van der Waals surface area contributed by atoms with E-state index in [0.717, 1.165) is 29.7 Å². The standard InChI is InChI=1S/C18H19BrFNO2/c1-3-12-6-5-7-13(4-2)18(12)21-17(22)11-23-16-9-8-14(19)10-15(16)20/h5-10H,3-4,11H2,1-2H3,(H,21,22). The maximum atomic E-state index is 13.7. The van der Waals surface area contributed by atoms with Gasteiger partial charge in [0.15, 0.2) is 18.2 Å². The highest BCUT2D eigenvalue weighted by Gasteiger charge is 2.12. The predicted molar refractivity (Wildman–Crippen MR) is 93.4 cm³/mol. The largest absolute Gasteiger partial charge is 0.481 e. The zero-order valence-electron chi connectivity index (χ0n) is 13.2. The first-order valence-corrected chi connectivity index (χ1v) is 8.32. The number of halogens is 2. The van der Waals surface area contributed by atoms with Crippen LogP contribution < -0.4 is 10.1 Å². The van der Waals surface area contributed by atoms with Crippen LogP contribution in [0.1, 0.15) is 25.0 Å². The third kappa shape index (κ3) is 4.55. The van der Waals surface area contributed by atoms with Crippen LogP contribution in [0.15, 0.2) is 40.9 Å². The first-order valence-electron chi connectivity index (χ1n) is 7.53. The molecule has 5 heteroatoms. The first kappa shape index (κ1) is 17.5. The van der Waals surface area contributed by atoms with Crippen LogP contribution >= 0.6 is 15.9 Å². The quantitative estimate of drug-likeness (QED) is 0.787. The van der Waals surface area contributed by atoms with Crippen LogP contribution in [0.25, 0.3) is 0 Å². The van der Waals surface area contributed by atoms with Gasteiger partial charge in [-0.1, -0.05) is 48.0 Å². The molecule has 0 saturated carbocycles. The molecular weight excluding hydrogens is 361 g/mol. The van der Waals surface area contributed by atoms with Crippen molar-refractivity contribution in [1.82, 2.24) is 0 Å². The van der Waals surface area contributed by atoms with Crippen molar-refractivity contribution in [2.75, 3.05) is 11.9 Å². The molecule has 2 rings (SSSR count). The number of ether oxygens (including phenoxy) is 1.